The van der Waals surface area contributed by atoms with E-state index in [1.807, 2.05) is 61.5 Å². The van der Waals surface area contributed by atoms with Crippen molar-refractivity contribution in [3.8, 4) is 23.1 Å². The minimum atomic E-state index is -0.0829. The number of hydrogen-bond acceptors (Lipinski definition) is 5. The molecule has 1 aromatic heterocycles. The number of carbonyl (C=O) groups excluding carboxylic acids is 1. The first-order valence-electron chi connectivity index (χ1n) is 9.42. The third-order valence-corrected chi connectivity index (χ3v) is 4.19. The monoisotopic (exact) mass is 392 g/mol. The van der Waals surface area contributed by atoms with Gasteiger partial charge in [-0.05, 0) is 30.7 Å². The van der Waals surface area contributed by atoms with Gasteiger partial charge in [0.15, 0.2) is 11.5 Å². The Hall–Kier alpha value is -3.54. The molecule has 6 heteroatoms. The Labute approximate surface area is 170 Å². The maximum absolute atomic E-state index is 12.2. The summed E-state index contributed by atoms with van der Waals surface area (Å²) in [5.41, 5.74) is 1.73. The number of nitrogens with one attached hydrogen (secondary N) is 1. The average Bonchev–Trinajstić information content (AvgIpc) is 2.75. The quantitative estimate of drug-likeness (QED) is 0.593. The first-order valence-corrected chi connectivity index (χ1v) is 9.42. The van der Waals surface area contributed by atoms with E-state index in [0.29, 0.717) is 36.3 Å². The lowest BCUT2D eigenvalue weighted by Crippen LogP contribution is -2.24. The van der Waals surface area contributed by atoms with E-state index in [2.05, 4.69) is 10.3 Å². The molecule has 3 aromatic rings. The van der Waals surface area contributed by atoms with Gasteiger partial charge in [0.05, 0.1) is 20.1 Å². The second-order valence-electron chi connectivity index (χ2n) is 6.25. The summed E-state index contributed by atoms with van der Waals surface area (Å²) in [6.07, 6.45) is 1.94. The normalized spacial score (nSPS) is 10.3. The average molecular weight is 392 g/mol. The summed E-state index contributed by atoms with van der Waals surface area (Å²) >= 11 is 0. The standard InChI is InChI=1S/C23H24N2O4/c1-3-28-20-10-6-7-11-21(20)29-23-13-12-17(16-25-23)15-24-22(26)14-18-8-4-5-9-19(18)27-2/h4-13,16H,3,14-15H2,1-2H3,(H,24,26). The fourth-order valence-corrected chi connectivity index (χ4v) is 2.78. The number of amides is 1. The van der Waals surface area contributed by atoms with Crippen LogP contribution in [0.25, 0.3) is 0 Å². The Kier molecular flexibility index (Phi) is 7.05. The van der Waals surface area contributed by atoms with Gasteiger partial charge in [-0.2, -0.15) is 0 Å². The number of ether oxygens (including phenoxy) is 3. The molecular formula is C23H24N2O4. The smallest absolute Gasteiger partial charge is 0.224 e. The topological polar surface area (TPSA) is 69.7 Å². The highest BCUT2D eigenvalue weighted by Gasteiger charge is 2.09. The third-order valence-electron chi connectivity index (χ3n) is 4.19. The van der Waals surface area contributed by atoms with E-state index >= 15 is 0 Å². The lowest BCUT2D eigenvalue weighted by atomic mass is 10.1. The molecule has 0 aliphatic heterocycles. The predicted octanol–water partition coefficient (Wildman–Crippen LogP) is 4.14. The summed E-state index contributed by atoms with van der Waals surface area (Å²) in [4.78, 5) is 16.6. The molecule has 0 fully saturated rings. The molecule has 1 amide bonds. The zero-order valence-corrected chi connectivity index (χ0v) is 16.6. The molecule has 0 atom stereocenters. The van der Waals surface area contributed by atoms with Crippen molar-refractivity contribution in [1.82, 2.24) is 10.3 Å². The number of methoxy groups -OCH3 is 1. The Balaban J connectivity index is 1.55. The SMILES string of the molecule is CCOc1ccccc1Oc1ccc(CNC(=O)Cc2ccccc2OC)cn1. The molecule has 2 aromatic carbocycles. The summed E-state index contributed by atoms with van der Waals surface area (Å²) in [7, 11) is 1.60. The number of rotatable bonds is 9. The van der Waals surface area contributed by atoms with E-state index < -0.39 is 0 Å². The second-order valence-corrected chi connectivity index (χ2v) is 6.25. The Morgan fingerprint density at radius 1 is 0.966 bits per heavy atom. The molecule has 0 bridgehead atoms. The Bertz CT molecular complexity index is 942. The van der Waals surface area contributed by atoms with E-state index in [1.54, 1.807) is 19.4 Å². The van der Waals surface area contributed by atoms with Gasteiger partial charge in [0.2, 0.25) is 11.8 Å². The minimum absolute atomic E-state index is 0.0829. The summed E-state index contributed by atoms with van der Waals surface area (Å²) in [5, 5.41) is 2.90. The van der Waals surface area contributed by atoms with Gasteiger partial charge in [-0.3, -0.25) is 4.79 Å². The maximum Gasteiger partial charge on any atom is 0.224 e. The molecule has 150 valence electrons. The van der Waals surface area contributed by atoms with Crippen molar-refractivity contribution in [2.24, 2.45) is 0 Å². The van der Waals surface area contributed by atoms with Crippen LogP contribution in [0, 0.1) is 0 Å². The van der Waals surface area contributed by atoms with Crippen molar-refractivity contribution in [1.29, 1.82) is 0 Å². The van der Waals surface area contributed by atoms with E-state index in [0.717, 1.165) is 11.1 Å². The number of aromatic nitrogens is 1. The van der Waals surface area contributed by atoms with Crippen molar-refractivity contribution in [3.63, 3.8) is 0 Å². The van der Waals surface area contributed by atoms with Gasteiger partial charge in [-0.25, -0.2) is 4.98 Å². The molecule has 0 radical (unpaired) electrons. The second kappa shape index (κ2) is 10.1. The third kappa shape index (κ3) is 5.72. The summed E-state index contributed by atoms with van der Waals surface area (Å²) in [6, 6.07) is 18.6. The molecule has 0 saturated carbocycles. The van der Waals surface area contributed by atoms with Crippen molar-refractivity contribution in [2.45, 2.75) is 19.9 Å². The van der Waals surface area contributed by atoms with Crippen LogP contribution in [-0.4, -0.2) is 24.6 Å². The summed E-state index contributed by atoms with van der Waals surface area (Å²) < 4.78 is 16.6. The number of nitrogens with zero attached hydrogens (tertiary/aromatic N) is 1. The number of pyridine rings is 1. The van der Waals surface area contributed by atoms with Crippen LogP contribution in [0.5, 0.6) is 23.1 Å². The first kappa shape index (κ1) is 20.2. The minimum Gasteiger partial charge on any atom is -0.496 e. The lowest BCUT2D eigenvalue weighted by Gasteiger charge is -2.11. The van der Waals surface area contributed by atoms with Crippen LogP contribution in [0.4, 0.5) is 0 Å². The van der Waals surface area contributed by atoms with Crippen LogP contribution in [0.3, 0.4) is 0 Å². The van der Waals surface area contributed by atoms with Crippen LogP contribution in [-0.2, 0) is 17.8 Å². The highest BCUT2D eigenvalue weighted by atomic mass is 16.5. The molecule has 3 rings (SSSR count). The van der Waals surface area contributed by atoms with Crippen LogP contribution >= 0.6 is 0 Å². The van der Waals surface area contributed by atoms with Crippen molar-refractivity contribution < 1.29 is 19.0 Å². The van der Waals surface area contributed by atoms with Crippen molar-refractivity contribution in [2.75, 3.05) is 13.7 Å². The van der Waals surface area contributed by atoms with Gasteiger partial charge in [0, 0.05) is 24.4 Å². The Morgan fingerprint density at radius 3 is 2.38 bits per heavy atom. The van der Waals surface area contributed by atoms with Crippen LogP contribution < -0.4 is 19.5 Å². The van der Waals surface area contributed by atoms with Crippen LogP contribution in [0.1, 0.15) is 18.1 Å². The van der Waals surface area contributed by atoms with E-state index in [1.165, 1.54) is 0 Å². The van der Waals surface area contributed by atoms with Crippen LogP contribution in [0.2, 0.25) is 0 Å². The fraction of sp³-hybridized carbons (Fsp3) is 0.217. The van der Waals surface area contributed by atoms with Gasteiger partial charge in [-0.15, -0.1) is 0 Å². The van der Waals surface area contributed by atoms with Gasteiger partial charge in [0.25, 0.3) is 0 Å². The summed E-state index contributed by atoms with van der Waals surface area (Å²) in [6.45, 7) is 2.87. The maximum atomic E-state index is 12.2. The highest BCUT2D eigenvalue weighted by molar-refractivity contribution is 5.79. The molecule has 1 N–H and O–H groups in total. The zero-order chi connectivity index (χ0) is 20.5. The van der Waals surface area contributed by atoms with E-state index in [9.17, 15) is 4.79 Å². The van der Waals surface area contributed by atoms with E-state index in [-0.39, 0.29) is 12.3 Å². The van der Waals surface area contributed by atoms with Gasteiger partial charge in [0.1, 0.15) is 5.75 Å². The number of benzene rings is 2. The molecule has 0 saturated heterocycles. The Morgan fingerprint density at radius 2 is 1.69 bits per heavy atom. The molecule has 0 aliphatic rings. The molecule has 0 unspecified atom stereocenters. The lowest BCUT2D eigenvalue weighted by molar-refractivity contribution is -0.120. The summed E-state index contributed by atoms with van der Waals surface area (Å²) in [5.74, 6) is 2.36. The van der Waals surface area contributed by atoms with Gasteiger partial charge < -0.3 is 19.5 Å². The molecular weight excluding hydrogens is 368 g/mol. The molecule has 29 heavy (non-hydrogen) atoms. The van der Waals surface area contributed by atoms with Crippen molar-refractivity contribution >= 4 is 5.91 Å². The number of para-hydroxylation sites is 3. The first-order chi connectivity index (χ1) is 14.2. The molecule has 6 nitrogen and oxygen atoms in total. The molecule has 1 heterocycles. The largest absolute Gasteiger partial charge is 0.496 e. The number of hydrogen-bond donors (Lipinski definition) is 1. The zero-order valence-electron chi connectivity index (χ0n) is 16.6. The highest BCUT2D eigenvalue weighted by Crippen LogP contribution is 2.30. The van der Waals surface area contributed by atoms with Crippen LogP contribution in [0.15, 0.2) is 66.9 Å². The molecule has 0 aliphatic carbocycles. The number of carbonyl (C=O) groups is 1. The van der Waals surface area contributed by atoms with Gasteiger partial charge in [-0.1, -0.05) is 36.4 Å². The van der Waals surface area contributed by atoms with Crippen molar-refractivity contribution in [3.05, 3.63) is 78.0 Å². The van der Waals surface area contributed by atoms with E-state index in [4.69, 9.17) is 14.2 Å². The predicted molar refractivity (Wildman–Crippen MR) is 110 cm³/mol. The van der Waals surface area contributed by atoms with Gasteiger partial charge >= 0.3 is 0 Å². The molecule has 0 spiro atoms. The fourth-order valence-electron chi connectivity index (χ4n) is 2.78.